The Labute approximate surface area is 106 Å². The van der Waals surface area contributed by atoms with Gasteiger partial charge >= 0.3 is 0 Å². The molecule has 0 radical (unpaired) electrons. The van der Waals surface area contributed by atoms with Crippen LogP contribution in [0.5, 0.6) is 0 Å². The summed E-state index contributed by atoms with van der Waals surface area (Å²) in [4.78, 5) is 12.3. The predicted octanol–water partition coefficient (Wildman–Crippen LogP) is 2.30. The zero-order valence-corrected chi connectivity index (χ0v) is 11.9. The molecule has 3 heteroatoms. The van der Waals surface area contributed by atoms with E-state index >= 15 is 0 Å². The van der Waals surface area contributed by atoms with Gasteiger partial charge in [0, 0.05) is 17.5 Å². The molecular weight excluding hydrogens is 212 g/mol. The highest BCUT2D eigenvalue weighted by Crippen LogP contribution is 2.33. The molecule has 1 rings (SSSR count). The van der Waals surface area contributed by atoms with Crippen molar-refractivity contribution in [3.63, 3.8) is 0 Å². The fraction of sp³-hybridized carbons (Fsp3) is 0.929. The van der Waals surface area contributed by atoms with E-state index in [1.165, 1.54) is 0 Å². The second-order valence-electron chi connectivity index (χ2n) is 6.42. The first-order valence-electron chi connectivity index (χ1n) is 6.84. The number of rotatable bonds is 3. The van der Waals surface area contributed by atoms with E-state index in [4.69, 9.17) is 5.73 Å². The third-order valence-electron chi connectivity index (χ3n) is 4.37. The maximum absolute atomic E-state index is 12.3. The van der Waals surface area contributed by atoms with E-state index < -0.39 is 0 Å². The van der Waals surface area contributed by atoms with Crippen LogP contribution in [0, 0.1) is 17.8 Å². The molecule has 4 unspecified atom stereocenters. The van der Waals surface area contributed by atoms with E-state index in [0.717, 1.165) is 19.3 Å². The SMILES string of the molecule is CCC(C)(C)NC(=O)C1CC(N)C(C)CC1C. The summed E-state index contributed by atoms with van der Waals surface area (Å²) in [6.45, 7) is 10.6. The van der Waals surface area contributed by atoms with Gasteiger partial charge in [-0.1, -0.05) is 20.8 Å². The van der Waals surface area contributed by atoms with E-state index in [2.05, 4.69) is 39.9 Å². The van der Waals surface area contributed by atoms with Crippen LogP contribution in [0.2, 0.25) is 0 Å². The highest BCUT2D eigenvalue weighted by molar-refractivity contribution is 5.79. The fourth-order valence-corrected chi connectivity index (χ4v) is 2.56. The molecule has 0 spiro atoms. The first-order chi connectivity index (χ1) is 7.76. The monoisotopic (exact) mass is 240 g/mol. The average Bonchev–Trinajstić information content (AvgIpc) is 2.22. The number of amides is 1. The number of nitrogens with two attached hydrogens (primary N) is 1. The summed E-state index contributed by atoms with van der Waals surface area (Å²) in [5, 5.41) is 3.15. The molecule has 17 heavy (non-hydrogen) atoms. The van der Waals surface area contributed by atoms with Crippen LogP contribution in [0.15, 0.2) is 0 Å². The first-order valence-corrected chi connectivity index (χ1v) is 6.84. The Morgan fingerprint density at radius 2 is 1.88 bits per heavy atom. The Bertz CT molecular complexity index is 275. The topological polar surface area (TPSA) is 55.1 Å². The van der Waals surface area contributed by atoms with Crippen molar-refractivity contribution in [2.24, 2.45) is 23.5 Å². The van der Waals surface area contributed by atoms with Crippen LogP contribution >= 0.6 is 0 Å². The van der Waals surface area contributed by atoms with E-state index in [-0.39, 0.29) is 23.4 Å². The van der Waals surface area contributed by atoms with Crippen LogP contribution in [0.4, 0.5) is 0 Å². The molecule has 0 aromatic rings. The maximum Gasteiger partial charge on any atom is 0.223 e. The van der Waals surface area contributed by atoms with Crippen LogP contribution in [0.25, 0.3) is 0 Å². The summed E-state index contributed by atoms with van der Waals surface area (Å²) in [5.74, 6) is 1.25. The lowest BCUT2D eigenvalue weighted by Gasteiger charge is -2.38. The molecule has 1 aliphatic carbocycles. The zero-order valence-electron chi connectivity index (χ0n) is 11.9. The van der Waals surface area contributed by atoms with E-state index in [1.54, 1.807) is 0 Å². The van der Waals surface area contributed by atoms with Crippen LogP contribution in [0.1, 0.15) is 53.9 Å². The second kappa shape index (κ2) is 5.38. The Morgan fingerprint density at radius 3 is 2.41 bits per heavy atom. The number of nitrogens with one attached hydrogen (secondary N) is 1. The molecule has 1 saturated carbocycles. The standard InChI is InChI=1S/C14H28N2O/c1-6-14(4,5)16-13(17)11-8-12(15)10(3)7-9(11)2/h9-12H,6-8,15H2,1-5H3,(H,16,17). The third-order valence-corrected chi connectivity index (χ3v) is 4.37. The van der Waals surface area contributed by atoms with Crippen molar-refractivity contribution in [2.75, 3.05) is 0 Å². The smallest absolute Gasteiger partial charge is 0.223 e. The Balaban J connectivity index is 2.63. The lowest BCUT2D eigenvalue weighted by Crippen LogP contribution is -2.50. The van der Waals surface area contributed by atoms with Gasteiger partial charge in [-0.15, -0.1) is 0 Å². The van der Waals surface area contributed by atoms with Crippen molar-refractivity contribution >= 4 is 5.91 Å². The maximum atomic E-state index is 12.3. The van der Waals surface area contributed by atoms with Gasteiger partial charge in [-0.25, -0.2) is 0 Å². The quantitative estimate of drug-likeness (QED) is 0.795. The summed E-state index contributed by atoms with van der Waals surface area (Å²) >= 11 is 0. The summed E-state index contributed by atoms with van der Waals surface area (Å²) in [7, 11) is 0. The molecule has 4 atom stereocenters. The van der Waals surface area contributed by atoms with Crippen molar-refractivity contribution in [3.05, 3.63) is 0 Å². The van der Waals surface area contributed by atoms with Crippen LogP contribution < -0.4 is 11.1 Å². The third kappa shape index (κ3) is 3.70. The first kappa shape index (κ1) is 14.5. The van der Waals surface area contributed by atoms with E-state index in [9.17, 15) is 4.79 Å². The molecule has 0 saturated heterocycles. The summed E-state index contributed by atoms with van der Waals surface area (Å²) in [5.41, 5.74) is 5.98. The van der Waals surface area contributed by atoms with Gasteiger partial charge in [0.1, 0.15) is 0 Å². The molecule has 3 nitrogen and oxygen atoms in total. The Kier molecular flexibility index (Phi) is 4.59. The highest BCUT2D eigenvalue weighted by atomic mass is 16.2. The molecule has 1 amide bonds. The van der Waals surface area contributed by atoms with Gasteiger partial charge < -0.3 is 11.1 Å². The average molecular weight is 240 g/mol. The summed E-state index contributed by atoms with van der Waals surface area (Å²) < 4.78 is 0. The molecule has 0 aliphatic heterocycles. The van der Waals surface area contributed by atoms with Gasteiger partial charge in [0.15, 0.2) is 0 Å². The van der Waals surface area contributed by atoms with E-state index in [1.807, 2.05) is 0 Å². The largest absolute Gasteiger partial charge is 0.351 e. The van der Waals surface area contributed by atoms with Crippen molar-refractivity contribution < 1.29 is 4.79 Å². The van der Waals surface area contributed by atoms with Crippen molar-refractivity contribution in [1.82, 2.24) is 5.32 Å². The minimum Gasteiger partial charge on any atom is -0.351 e. The molecule has 100 valence electrons. The van der Waals surface area contributed by atoms with Crippen molar-refractivity contribution in [1.29, 1.82) is 0 Å². The summed E-state index contributed by atoms with van der Waals surface area (Å²) in [6.07, 6.45) is 2.84. The lowest BCUT2D eigenvalue weighted by atomic mass is 9.72. The van der Waals surface area contributed by atoms with Crippen LogP contribution in [-0.2, 0) is 4.79 Å². The van der Waals surface area contributed by atoms with Crippen molar-refractivity contribution in [3.8, 4) is 0 Å². The van der Waals surface area contributed by atoms with Crippen LogP contribution in [-0.4, -0.2) is 17.5 Å². The molecule has 0 heterocycles. The number of carbonyl (C=O) groups excluding carboxylic acids is 1. The number of carbonyl (C=O) groups is 1. The molecule has 0 aromatic heterocycles. The van der Waals surface area contributed by atoms with Gasteiger partial charge in [-0.3, -0.25) is 4.79 Å². The minimum atomic E-state index is -0.107. The van der Waals surface area contributed by atoms with Crippen LogP contribution in [0.3, 0.4) is 0 Å². The van der Waals surface area contributed by atoms with Gasteiger partial charge in [-0.2, -0.15) is 0 Å². The molecular formula is C14H28N2O. The molecule has 3 N–H and O–H groups in total. The molecule has 1 fully saturated rings. The predicted molar refractivity (Wildman–Crippen MR) is 71.5 cm³/mol. The van der Waals surface area contributed by atoms with Gasteiger partial charge in [0.25, 0.3) is 0 Å². The Morgan fingerprint density at radius 1 is 1.29 bits per heavy atom. The lowest BCUT2D eigenvalue weighted by molar-refractivity contribution is -0.129. The zero-order chi connectivity index (χ0) is 13.2. The minimum absolute atomic E-state index is 0.0898. The Hall–Kier alpha value is -0.570. The summed E-state index contributed by atoms with van der Waals surface area (Å²) in [6, 6.07) is 0.173. The van der Waals surface area contributed by atoms with Gasteiger partial charge in [0.05, 0.1) is 0 Å². The number of hydrogen-bond acceptors (Lipinski definition) is 2. The second-order valence-corrected chi connectivity index (χ2v) is 6.42. The molecule has 1 aliphatic rings. The highest BCUT2D eigenvalue weighted by Gasteiger charge is 2.36. The van der Waals surface area contributed by atoms with Gasteiger partial charge in [0.2, 0.25) is 5.91 Å². The van der Waals surface area contributed by atoms with Gasteiger partial charge in [-0.05, 0) is 44.9 Å². The normalized spacial score (nSPS) is 34.5. The van der Waals surface area contributed by atoms with E-state index in [0.29, 0.717) is 11.8 Å². The molecule has 0 bridgehead atoms. The van der Waals surface area contributed by atoms with Crippen molar-refractivity contribution in [2.45, 2.75) is 65.5 Å². The number of hydrogen-bond donors (Lipinski definition) is 2. The molecule has 0 aromatic carbocycles. The fourth-order valence-electron chi connectivity index (χ4n) is 2.56.